The number of hydrogen-bond donors (Lipinski definition) is 1. The summed E-state index contributed by atoms with van der Waals surface area (Å²) >= 11 is 1.53. The predicted octanol–water partition coefficient (Wildman–Crippen LogP) is 3.37. The van der Waals surface area contributed by atoms with Crippen LogP contribution < -0.4 is 5.32 Å². The predicted molar refractivity (Wildman–Crippen MR) is 74.8 cm³/mol. The van der Waals surface area contributed by atoms with Crippen LogP contribution in [0.15, 0.2) is 34.2 Å². The van der Waals surface area contributed by atoms with Crippen molar-refractivity contribution < 1.29 is 9.34 Å². The lowest BCUT2D eigenvalue weighted by Gasteiger charge is -2.07. The van der Waals surface area contributed by atoms with Crippen LogP contribution in [0.3, 0.4) is 0 Å². The molecule has 0 aliphatic rings. The quantitative estimate of drug-likeness (QED) is 0.584. The molecule has 0 aliphatic carbocycles. The third-order valence-electron chi connectivity index (χ3n) is 2.74. The maximum absolute atomic E-state index is 10.7. The van der Waals surface area contributed by atoms with Gasteiger partial charge in [-0.15, -0.1) is 11.3 Å². The number of nitrogens with zero attached hydrogens (tertiary/aromatic N) is 3. The molecule has 3 rings (SSSR count). The van der Waals surface area contributed by atoms with E-state index in [0.29, 0.717) is 17.1 Å². The van der Waals surface area contributed by atoms with Gasteiger partial charge < -0.3 is 9.73 Å². The summed E-state index contributed by atoms with van der Waals surface area (Å²) in [5, 5.41) is 16.6. The van der Waals surface area contributed by atoms with Crippen molar-refractivity contribution in [3.05, 3.63) is 44.9 Å². The van der Waals surface area contributed by atoms with Crippen molar-refractivity contribution in [1.29, 1.82) is 0 Å². The van der Waals surface area contributed by atoms with Gasteiger partial charge in [-0.2, -0.15) is 4.98 Å². The summed E-state index contributed by atoms with van der Waals surface area (Å²) in [5.41, 5.74) is 0.936. The van der Waals surface area contributed by atoms with Crippen molar-refractivity contribution in [3.8, 4) is 0 Å². The van der Waals surface area contributed by atoms with Gasteiger partial charge in [0.15, 0.2) is 5.58 Å². The fourth-order valence-corrected chi connectivity index (χ4v) is 2.43. The minimum Gasteiger partial charge on any atom is -0.423 e. The number of anilines is 1. The molecule has 102 valence electrons. The zero-order valence-corrected chi connectivity index (χ0v) is 11.3. The lowest BCUT2D eigenvalue weighted by Crippen LogP contribution is -2.05. The minimum atomic E-state index is -0.465. The third kappa shape index (κ3) is 2.32. The molecule has 1 N–H and O–H groups in total. The van der Waals surface area contributed by atoms with Gasteiger partial charge in [0.25, 0.3) is 11.7 Å². The van der Waals surface area contributed by atoms with Crippen LogP contribution in [0.5, 0.6) is 0 Å². The zero-order valence-electron chi connectivity index (χ0n) is 10.4. The van der Waals surface area contributed by atoms with Gasteiger partial charge in [-0.25, -0.2) is 4.98 Å². The number of nitro benzene ring substituents is 1. The molecule has 0 amide bonds. The van der Waals surface area contributed by atoms with Crippen LogP contribution in [0, 0.1) is 10.1 Å². The summed E-state index contributed by atoms with van der Waals surface area (Å²) in [4.78, 5) is 18.7. The Morgan fingerprint density at radius 2 is 2.35 bits per heavy atom. The van der Waals surface area contributed by atoms with Crippen LogP contribution in [-0.4, -0.2) is 14.9 Å². The van der Waals surface area contributed by atoms with Gasteiger partial charge in [-0.05, 0) is 13.0 Å². The third-order valence-corrected chi connectivity index (χ3v) is 3.70. The first kappa shape index (κ1) is 12.5. The highest BCUT2D eigenvalue weighted by Gasteiger charge is 2.14. The molecule has 0 bridgehead atoms. The smallest absolute Gasteiger partial charge is 0.296 e. The van der Waals surface area contributed by atoms with E-state index in [-0.39, 0.29) is 11.7 Å². The Balaban J connectivity index is 1.87. The number of rotatable bonds is 4. The Hall–Kier alpha value is -2.48. The Morgan fingerprint density at radius 3 is 3.05 bits per heavy atom. The Labute approximate surface area is 117 Å². The first-order chi connectivity index (χ1) is 9.63. The first-order valence-electron chi connectivity index (χ1n) is 5.84. The summed E-state index contributed by atoms with van der Waals surface area (Å²) in [5.74, 6) is 0. The van der Waals surface area contributed by atoms with Crippen LogP contribution in [0.4, 0.5) is 11.7 Å². The maximum atomic E-state index is 10.7. The van der Waals surface area contributed by atoms with Gasteiger partial charge in [0, 0.05) is 17.6 Å². The van der Waals surface area contributed by atoms with Crippen LogP contribution in [0.1, 0.15) is 18.0 Å². The average Bonchev–Trinajstić information content (AvgIpc) is 3.06. The monoisotopic (exact) mass is 290 g/mol. The SMILES string of the molecule is CC(Nc1nc2ccc([N+](=O)[O-])cc2o1)c1nccs1. The van der Waals surface area contributed by atoms with E-state index in [4.69, 9.17) is 4.42 Å². The molecule has 0 aliphatic heterocycles. The van der Waals surface area contributed by atoms with Crippen molar-refractivity contribution in [2.24, 2.45) is 0 Å². The van der Waals surface area contributed by atoms with Crippen molar-refractivity contribution in [3.63, 3.8) is 0 Å². The number of non-ortho nitro benzene ring substituents is 1. The molecule has 3 aromatic rings. The largest absolute Gasteiger partial charge is 0.423 e. The molecule has 1 atom stereocenters. The van der Waals surface area contributed by atoms with Crippen molar-refractivity contribution in [1.82, 2.24) is 9.97 Å². The fraction of sp³-hybridized carbons (Fsp3) is 0.167. The summed E-state index contributed by atoms with van der Waals surface area (Å²) < 4.78 is 5.48. The molecule has 0 radical (unpaired) electrons. The molecule has 1 unspecified atom stereocenters. The molecule has 8 heteroatoms. The molecule has 0 saturated heterocycles. The second-order valence-corrected chi connectivity index (χ2v) is 5.09. The molecule has 0 saturated carbocycles. The number of nitro groups is 1. The molecule has 1 aromatic carbocycles. The summed E-state index contributed by atoms with van der Waals surface area (Å²) in [6.45, 7) is 1.94. The van der Waals surface area contributed by atoms with Crippen molar-refractivity contribution in [2.75, 3.05) is 5.32 Å². The molecular weight excluding hydrogens is 280 g/mol. The number of oxazole rings is 1. The molecule has 0 fully saturated rings. The highest BCUT2D eigenvalue weighted by molar-refractivity contribution is 7.09. The van der Waals surface area contributed by atoms with E-state index in [2.05, 4.69) is 15.3 Å². The number of hydrogen-bond acceptors (Lipinski definition) is 7. The Kier molecular flexibility index (Phi) is 3.07. The number of nitrogens with one attached hydrogen (secondary N) is 1. The lowest BCUT2D eigenvalue weighted by molar-refractivity contribution is -0.384. The summed E-state index contributed by atoms with van der Waals surface area (Å²) in [6, 6.07) is 4.61. The number of fused-ring (bicyclic) bond motifs is 1. The maximum Gasteiger partial charge on any atom is 0.296 e. The first-order valence-corrected chi connectivity index (χ1v) is 6.72. The lowest BCUT2D eigenvalue weighted by atomic mass is 10.3. The van der Waals surface area contributed by atoms with E-state index in [1.54, 1.807) is 12.3 Å². The van der Waals surface area contributed by atoms with Gasteiger partial charge >= 0.3 is 0 Å². The summed E-state index contributed by atoms with van der Waals surface area (Å²) in [7, 11) is 0. The van der Waals surface area contributed by atoms with Crippen molar-refractivity contribution in [2.45, 2.75) is 13.0 Å². The van der Waals surface area contributed by atoms with E-state index in [1.807, 2.05) is 12.3 Å². The van der Waals surface area contributed by atoms with Crippen LogP contribution in [0.25, 0.3) is 11.1 Å². The number of aromatic nitrogens is 2. The van der Waals surface area contributed by atoms with E-state index >= 15 is 0 Å². The van der Waals surface area contributed by atoms with E-state index < -0.39 is 4.92 Å². The Morgan fingerprint density at radius 1 is 1.50 bits per heavy atom. The van der Waals surface area contributed by atoms with E-state index in [9.17, 15) is 10.1 Å². The molecular formula is C12H10N4O3S. The van der Waals surface area contributed by atoms with Gasteiger partial charge in [0.05, 0.1) is 17.0 Å². The fourth-order valence-electron chi connectivity index (χ4n) is 1.78. The second-order valence-electron chi connectivity index (χ2n) is 4.16. The van der Waals surface area contributed by atoms with Crippen LogP contribution in [-0.2, 0) is 0 Å². The Bertz CT molecular complexity index is 753. The van der Waals surface area contributed by atoms with Gasteiger partial charge in [-0.1, -0.05) is 0 Å². The molecule has 2 aromatic heterocycles. The highest BCUT2D eigenvalue weighted by atomic mass is 32.1. The standard InChI is InChI=1S/C12H10N4O3S/c1-7(11-13-4-5-20-11)14-12-15-9-3-2-8(16(17)18)6-10(9)19-12/h2-7H,1H3,(H,14,15). The van der Waals surface area contributed by atoms with Gasteiger partial charge in [-0.3, -0.25) is 10.1 Å². The van der Waals surface area contributed by atoms with Gasteiger partial charge in [0.2, 0.25) is 0 Å². The molecule has 20 heavy (non-hydrogen) atoms. The van der Waals surface area contributed by atoms with Crippen molar-refractivity contribution >= 4 is 34.1 Å². The summed E-state index contributed by atoms with van der Waals surface area (Å²) in [6.07, 6.45) is 1.73. The average molecular weight is 290 g/mol. The van der Waals surface area contributed by atoms with E-state index in [1.165, 1.54) is 23.5 Å². The highest BCUT2D eigenvalue weighted by Crippen LogP contribution is 2.26. The van der Waals surface area contributed by atoms with Crippen LogP contribution >= 0.6 is 11.3 Å². The molecule has 2 heterocycles. The number of benzene rings is 1. The molecule has 0 spiro atoms. The topological polar surface area (TPSA) is 94.1 Å². The normalized spacial score (nSPS) is 12.4. The number of thiazole rings is 1. The van der Waals surface area contributed by atoms with E-state index in [0.717, 1.165) is 5.01 Å². The second kappa shape index (κ2) is 4.89. The minimum absolute atomic E-state index is 0.0202. The van der Waals surface area contributed by atoms with Crippen LogP contribution in [0.2, 0.25) is 0 Å². The van der Waals surface area contributed by atoms with Gasteiger partial charge in [0.1, 0.15) is 10.5 Å². The molecule has 7 nitrogen and oxygen atoms in total. The zero-order chi connectivity index (χ0) is 14.1.